The maximum absolute atomic E-state index is 11.6. The average molecular weight is 233 g/mol. The zero-order valence-electron chi connectivity index (χ0n) is 9.67. The molecule has 1 N–H and O–H groups in total. The van der Waals surface area contributed by atoms with Crippen LogP contribution in [-0.2, 0) is 11.3 Å². The van der Waals surface area contributed by atoms with Gasteiger partial charge in [-0.1, -0.05) is 12.1 Å². The van der Waals surface area contributed by atoms with Gasteiger partial charge in [0.2, 0.25) is 0 Å². The number of hydrogen-bond donors (Lipinski definition) is 1. The number of para-hydroxylation sites is 1. The Morgan fingerprint density at radius 1 is 1.35 bits per heavy atom. The minimum absolute atomic E-state index is 0.00178. The van der Waals surface area contributed by atoms with Crippen molar-refractivity contribution >= 4 is 10.9 Å². The van der Waals surface area contributed by atoms with Gasteiger partial charge >= 0.3 is 0 Å². The molecule has 0 aliphatic rings. The van der Waals surface area contributed by atoms with E-state index in [1.165, 1.54) is 6.07 Å². The molecule has 2 rings (SSSR count). The smallest absolute Gasteiger partial charge is 0.189 e. The SMILES string of the molecule is COCC(O)Cn1ccc(=O)c2ccccc21. The Labute approximate surface area is 99.1 Å². The second-order valence-electron chi connectivity index (χ2n) is 3.96. The van der Waals surface area contributed by atoms with Crippen molar-refractivity contribution in [3.05, 3.63) is 46.8 Å². The highest BCUT2D eigenvalue weighted by atomic mass is 16.5. The van der Waals surface area contributed by atoms with Gasteiger partial charge in [-0.15, -0.1) is 0 Å². The predicted octanol–water partition coefficient (Wildman–Crippen LogP) is 1.01. The van der Waals surface area contributed by atoms with Gasteiger partial charge in [0, 0.05) is 24.8 Å². The molecule has 4 nitrogen and oxygen atoms in total. The molecule has 0 fully saturated rings. The van der Waals surface area contributed by atoms with Gasteiger partial charge in [0.05, 0.1) is 24.8 Å². The zero-order valence-corrected chi connectivity index (χ0v) is 9.67. The lowest BCUT2D eigenvalue weighted by Gasteiger charge is -2.14. The summed E-state index contributed by atoms with van der Waals surface area (Å²) in [6.07, 6.45) is 1.12. The Balaban J connectivity index is 2.41. The van der Waals surface area contributed by atoms with Crippen LogP contribution in [0.15, 0.2) is 41.3 Å². The van der Waals surface area contributed by atoms with Crippen molar-refractivity contribution in [2.75, 3.05) is 13.7 Å². The van der Waals surface area contributed by atoms with E-state index in [2.05, 4.69) is 0 Å². The number of fused-ring (bicyclic) bond motifs is 1. The highest BCUT2D eigenvalue weighted by Gasteiger charge is 2.07. The molecule has 1 atom stereocenters. The van der Waals surface area contributed by atoms with Crippen LogP contribution >= 0.6 is 0 Å². The number of aliphatic hydroxyl groups excluding tert-OH is 1. The molecule has 0 radical (unpaired) electrons. The molecule has 0 saturated heterocycles. The lowest BCUT2D eigenvalue weighted by molar-refractivity contribution is 0.0543. The van der Waals surface area contributed by atoms with Crippen LogP contribution in [0.25, 0.3) is 10.9 Å². The van der Waals surface area contributed by atoms with Gasteiger partial charge in [-0.25, -0.2) is 0 Å². The van der Waals surface area contributed by atoms with E-state index in [4.69, 9.17) is 4.74 Å². The minimum Gasteiger partial charge on any atom is -0.389 e. The number of pyridine rings is 1. The number of aliphatic hydroxyl groups is 1. The van der Waals surface area contributed by atoms with Gasteiger partial charge in [0.15, 0.2) is 5.43 Å². The zero-order chi connectivity index (χ0) is 12.3. The molecule has 0 saturated carbocycles. The van der Waals surface area contributed by atoms with E-state index < -0.39 is 6.10 Å². The molecular weight excluding hydrogens is 218 g/mol. The van der Waals surface area contributed by atoms with E-state index in [1.54, 1.807) is 19.4 Å². The molecule has 1 aromatic heterocycles. The van der Waals surface area contributed by atoms with Crippen LogP contribution in [0.5, 0.6) is 0 Å². The molecule has 90 valence electrons. The van der Waals surface area contributed by atoms with Crippen molar-refractivity contribution in [1.29, 1.82) is 0 Å². The standard InChI is InChI=1S/C13H15NO3/c1-17-9-10(15)8-14-7-6-13(16)11-4-2-3-5-12(11)14/h2-7,10,15H,8-9H2,1H3. The number of methoxy groups -OCH3 is 1. The van der Waals surface area contributed by atoms with Crippen molar-refractivity contribution < 1.29 is 9.84 Å². The summed E-state index contributed by atoms with van der Waals surface area (Å²) >= 11 is 0. The number of nitrogens with zero attached hydrogens (tertiary/aromatic N) is 1. The molecule has 1 unspecified atom stereocenters. The lowest BCUT2D eigenvalue weighted by atomic mass is 10.2. The molecule has 0 bridgehead atoms. The summed E-state index contributed by atoms with van der Waals surface area (Å²) in [5.74, 6) is 0. The van der Waals surface area contributed by atoms with Crippen molar-refractivity contribution in [3.8, 4) is 0 Å². The molecule has 2 aromatic rings. The number of ether oxygens (including phenoxy) is 1. The Bertz CT molecular complexity index is 562. The van der Waals surface area contributed by atoms with Crippen LogP contribution in [-0.4, -0.2) is 29.5 Å². The molecule has 0 amide bonds. The van der Waals surface area contributed by atoms with E-state index in [0.717, 1.165) is 5.52 Å². The summed E-state index contributed by atoms with van der Waals surface area (Å²) in [6, 6.07) is 8.88. The Morgan fingerprint density at radius 3 is 2.88 bits per heavy atom. The Hall–Kier alpha value is -1.65. The van der Waals surface area contributed by atoms with Crippen molar-refractivity contribution in [2.45, 2.75) is 12.6 Å². The summed E-state index contributed by atoms with van der Waals surface area (Å²) in [5, 5.41) is 10.4. The molecule has 1 heterocycles. The van der Waals surface area contributed by atoms with Crippen molar-refractivity contribution in [2.24, 2.45) is 0 Å². The summed E-state index contributed by atoms with van der Waals surface area (Å²) in [6.45, 7) is 0.690. The van der Waals surface area contributed by atoms with E-state index >= 15 is 0 Å². The number of hydrogen-bond acceptors (Lipinski definition) is 3. The van der Waals surface area contributed by atoms with Crippen LogP contribution in [0.3, 0.4) is 0 Å². The first-order valence-electron chi connectivity index (χ1n) is 5.47. The largest absolute Gasteiger partial charge is 0.389 e. The number of aromatic nitrogens is 1. The topological polar surface area (TPSA) is 51.5 Å². The van der Waals surface area contributed by atoms with Crippen LogP contribution < -0.4 is 5.43 Å². The van der Waals surface area contributed by atoms with Gasteiger partial charge in [-0.3, -0.25) is 4.79 Å². The molecule has 0 aliphatic heterocycles. The van der Waals surface area contributed by atoms with Gasteiger partial charge in [0.25, 0.3) is 0 Å². The normalized spacial score (nSPS) is 12.8. The first-order chi connectivity index (χ1) is 8.22. The predicted molar refractivity (Wildman–Crippen MR) is 66.1 cm³/mol. The second-order valence-corrected chi connectivity index (χ2v) is 3.96. The molecule has 17 heavy (non-hydrogen) atoms. The first-order valence-corrected chi connectivity index (χ1v) is 5.47. The Morgan fingerprint density at radius 2 is 2.12 bits per heavy atom. The maximum Gasteiger partial charge on any atom is 0.189 e. The highest BCUT2D eigenvalue weighted by molar-refractivity contribution is 5.78. The molecule has 0 aliphatic carbocycles. The molecule has 4 heteroatoms. The van der Waals surface area contributed by atoms with Crippen molar-refractivity contribution in [1.82, 2.24) is 4.57 Å². The average Bonchev–Trinajstić information content (AvgIpc) is 2.34. The monoisotopic (exact) mass is 233 g/mol. The molecular formula is C13H15NO3. The van der Waals surface area contributed by atoms with Crippen LogP contribution in [0.2, 0.25) is 0 Å². The lowest BCUT2D eigenvalue weighted by Crippen LogP contribution is -2.22. The van der Waals surface area contributed by atoms with E-state index in [0.29, 0.717) is 11.9 Å². The summed E-state index contributed by atoms with van der Waals surface area (Å²) in [4.78, 5) is 11.6. The fourth-order valence-electron chi connectivity index (χ4n) is 1.89. The highest BCUT2D eigenvalue weighted by Crippen LogP contribution is 2.10. The fourth-order valence-corrected chi connectivity index (χ4v) is 1.89. The van der Waals surface area contributed by atoms with Crippen LogP contribution in [0.1, 0.15) is 0 Å². The van der Waals surface area contributed by atoms with Gasteiger partial charge in [-0.05, 0) is 12.1 Å². The quantitative estimate of drug-likeness (QED) is 0.857. The third kappa shape index (κ3) is 2.54. The fraction of sp³-hybridized carbons (Fsp3) is 0.308. The van der Waals surface area contributed by atoms with Crippen LogP contribution in [0, 0.1) is 0 Å². The van der Waals surface area contributed by atoms with E-state index in [-0.39, 0.29) is 12.0 Å². The van der Waals surface area contributed by atoms with Gasteiger partial charge in [-0.2, -0.15) is 0 Å². The minimum atomic E-state index is -0.578. The van der Waals surface area contributed by atoms with Crippen molar-refractivity contribution in [3.63, 3.8) is 0 Å². The molecule has 0 spiro atoms. The Kier molecular flexibility index (Phi) is 3.56. The first kappa shape index (κ1) is 11.8. The summed E-state index contributed by atoms with van der Waals surface area (Å²) in [5.41, 5.74) is 0.827. The molecule has 1 aromatic carbocycles. The maximum atomic E-state index is 11.6. The van der Waals surface area contributed by atoms with E-state index in [9.17, 15) is 9.90 Å². The van der Waals surface area contributed by atoms with E-state index in [1.807, 2.05) is 22.8 Å². The third-order valence-electron chi connectivity index (χ3n) is 2.65. The summed E-state index contributed by atoms with van der Waals surface area (Å²) < 4.78 is 6.75. The second kappa shape index (κ2) is 5.12. The third-order valence-corrected chi connectivity index (χ3v) is 2.65. The summed E-state index contributed by atoms with van der Waals surface area (Å²) in [7, 11) is 1.55. The van der Waals surface area contributed by atoms with Gasteiger partial charge < -0.3 is 14.4 Å². The number of benzene rings is 1. The number of rotatable bonds is 4. The van der Waals surface area contributed by atoms with Gasteiger partial charge in [0.1, 0.15) is 0 Å². The van der Waals surface area contributed by atoms with Crippen LogP contribution in [0.4, 0.5) is 0 Å².